The summed E-state index contributed by atoms with van der Waals surface area (Å²) in [7, 11) is -18.7. The molecule has 0 spiro atoms. The van der Waals surface area contributed by atoms with Gasteiger partial charge in [0.15, 0.2) is 0 Å². The minimum absolute atomic E-state index is 0.239. The lowest BCUT2D eigenvalue weighted by atomic mass is 10.2. The molecule has 130 heavy (non-hydrogen) atoms. The number of phenolic OH excluding ortho intramolecular Hbond substituents is 10. The third-order valence-electron chi connectivity index (χ3n) is 16.1. The SMILES string of the molecule is O=S(=O)(O)O.O=S(=O)(O)O.O=S(=O)(O)O.O=S(=O)(O)O.Oc1cccc2cccnc12.Oc1cccc2cccnc12.Oc1cccc2cccnc12.Oc1cccc2cccnc12.Oc1cccc2cccnc12.Oc1cccc2cccnc12.Oc1cccc2cccnc12.Oc1cccc2cccnc12.Oc1cccc2cccnc12.Oc1cccc2cccnc12. The average molecular weight is 1840 g/mol. The van der Waals surface area contributed by atoms with E-state index in [0.29, 0.717) is 55.2 Å². The van der Waals surface area contributed by atoms with Crippen molar-refractivity contribution in [1.29, 1.82) is 0 Å². The van der Waals surface area contributed by atoms with Crippen LogP contribution in [-0.4, -0.2) is 171 Å². The molecular formula is C90H78N10O26S4. The summed E-state index contributed by atoms with van der Waals surface area (Å²) in [5.74, 6) is 2.39. The van der Waals surface area contributed by atoms with Crippen LogP contribution in [-0.2, 0) is 41.6 Å². The number of hydrogen-bond donors (Lipinski definition) is 18. The molecule has 0 atom stereocenters. The molecule has 0 fully saturated rings. The van der Waals surface area contributed by atoms with E-state index < -0.39 is 41.6 Å². The number of benzene rings is 10. The third kappa shape index (κ3) is 36.5. The molecule has 40 heteroatoms. The molecule has 0 amide bonds. The highest BCUT2D eigenvalue weighted by molar-refractivity contribution is 7.80. The lowest BCUT2D eigenvalue weighted by molar-refractivity contribution is 0.378. The Bertz CT molecular complexity index is 6100. The summed E-state index contributed by atoms with van der Waals surface area (Å²) in [4.78, 5) is 40.3. The van der Waals surface area contributed by atoms with Gasteiger partial charge in [0.1, 0.15) is 113 Å². The van der Waals surface area contributed by atoms with E-state index in [9.17, 15) is 51.1 Å². The van der Waals surface area contributed by atoms with Crippen LogP contribution in [0, 0.1) is 0 Å². The van der Waals surface area contributed by atoms with E-state index in [1.165, 1.54) is 0 Å². The predicted octanol–water partition coefficient (Wildman–Crippen LogP) is 16.8. The first-order valence-corrected chi connectivity index (χ1v) is 42.4. The maximum atomic E-state index is 9.31. The first kappa shape index (κ1) is 101. The maximum Gasteiger partial charge on any atom is 0.394 e. The van der Waals surface area contributed by atoms with Gasteiger partial charge in [0, 0.05) is 116 Å². The van der Waals surface area contributed by atoms with Gasteiger partial charge < -0.3 is 51.1 Å². The second-order valence-electron chi connectivity index (χ2n) is 25.3. The van der Waals surface area contributed by atoms with Crippen molar-refractivity contribution in [2.45, 2.75) is 0 Å². The molecular weight excluding hydrogens is 1770 g/mol. The second-order valence-corrected chi connectivity index (χ2v) is 28.9. The Balaban J connectivity index is 0.000000193. The van der Waals surface area contributed by atoms with Gasteiger partial charge in [-0.1, -0.05) is 182 Å². The van der Waals surface area contributed by atoms with Crippen LogP contribution in [0.3, 0.4) is 0 Å². The van der Waals surface area contributed by atoms with E-state index in [4.69, 9.17) is 70.1 Å². The van der Waals surface area contributed by atoms with Crippen molar-refractivity contribution in [3.05, 3.63) is 365 Å². The Morgan fingerprint density at radius 3 is 0.269 bits per heavy atom. The van der Waals surface area contributed by atoms with Gasteiger partial charge in [0.2, 0.25) is 0 Å². The summed E-state index contributed by atoms with van der Waals surface area (Å²) in [5.41, 5.74) is 6.62. The van der Waals surface area contributed by atoms with Gasteiger partial charge in [0.25, 0.3) is 0 Å². The number of pyridine rings is 10. The number of para-hydroxylation sites is 10. The molecule has 10 aromatic carbocycles. The fourth-order valence-electron chi connectivity index (χ4n) is 10.9. The summed E-state index contributed by atoms with van der Waals surface area (Å²) in [5, 5.41) is 103. The number of aromatic nitrogens is 10. The highest BCUT2D eigenvalue weighted by atomic mass is 32.3. The Labute approximate surface area is 740 Å². The van der Waals surface area contributed by atoms with Gasteiger partial charge in [-0.15, -0.1) is 0 Å². The van der Waals surface area contributed by atoms with Crippen LogP contribution in [0.4, 0.5) is 0 Å². The van der Waals surface area contributed by atoms with Crippen LogP contribution < -0.4 is 0 Å². The first-order valence-electron chi connectivity index (χ1n) is 36.8. The molecule has 0 saturated carbocycles. The van der Waals surface area contributed by atoms with Crippen molar-refractivity contribution < 1.29 is 121 Å². The Morgan fingerprint density at radius 1 is 0.131 bits per heavy atom. The average Bonchev–Trinajstić information content (AvgIpc) is 0.908. The molecule has 20 aromatic rings. The van der Waals surface area contributed by atoms with E-state index >= 15 is 0 Å². The monoisotopic (exact) mass is 1840 g/mol. The van der Waals surface area contributed by atoms with Gasteiger partial charge in [-0.3, -0.25) is 86.3 Å². The zero-order valence-corrected chi connectivity index (χ0v) is 70.3. The summed E-state index contributed by atoms with van der Waals surface area (Å²) in [6.07, 6.45) is 16.7. The van der Waals surface area contributed by atoms with Gasteiger partial charge in [-0.05, 0) is 121 Å². The summed E-state index contributed by atoms with van der Waals surface area (Å²) >= 11 is 0. The van der Waals surface area contributed by atoms with E-state index in [1.54, 1.807) is 183 Å². The Morgan fingerprint density at radius 2 is 0.200 bits per heavy atom. The maximum absolute atomic E-state index is 9.31. The number of aromatic hydroxyl groups is 10. The van der Waals surface area contributed by atoms with Crippen molar-refractivity contribution in [3.63, 3.8) is 0 Å². The molecule has 10 aromatic heterocycles. The molecule has 10 heterocycles. The smallest absolute Gasteiger partial charge is 0.394 e. The first-order chi connectivity index (χ1) is 61.8. The normalized spacial score (nSPS) is 10.4. The number of phenols is 10. The fraction of sp³-hybridized carbons (Fsp3) is 0. The van der Waals surface area contributed by atoms with E-state index in [2.05, 4.69) is 49.8 Å². The van der Waals surface area contributed by atoms with Crippen molar-refractivity contribution >= 4 is 151 Å². The fourth-order valence-corrected chi connectivity index (χ4v) is 10.9. The quantitative estimate of drug-likeness (QED) is 0.0627. The van der Waals surface area contributed by atoms with Crippen molar-refractivity contribution in [3.8, 4) is 57.5 Å². The number of hydrogen-bond acceptors (Lipinski definition) is 28. The summed E-state index contributed by atoms with van der Waals surface area (Å²) in [6.45, 7) is 0. The van der Waals surface area contributed by atoms with Crippen molar-refractivity contribution in [2.24, 2.45) is 0 Å². The van der Waals surface area contributed by atoms with Gasteiger partial charge in [-0.2, -0.15) is 33.7 Å². The molecule has 18 N–H and O–H groups in total. The lowest BCUT2D eigenvalue weighted by Crippen LogP contribution is -1.89. The largest absolute Gasteiger partial charge is 0.506 e. The summed E-state index contributed by atoms with van der Waals surface area (Å²) < 4.78 is 126. The minimum Gasteiger partial charge on any atom is -0.506 e. The number of nitrogens with zero attached hydrogens (tertiary/aromatic N) is 10. The highest BCUT2D eigenvalue weighted by Gasteiger charge is 2.05. The van der Waals surface area contributed by atoms with Gasteiger partial charge >= 0.3 is 41.6 Å². The molecule has 0 saturated heterocycles. The second kappa shape index (κ2) is 50.1. The molecule has 0 unspecified atom stereocenters. The van der Waals surface area contributed by atoms with Gasteiger partial charge in [-0.25, -0.2) is 0 Å². The molecule has 0 bridgehead atoms. The molecule has 20 rings (SSSR count). The van der Waals surface area contributed by atoms with Crippen LogP contribution in [0.1, 0.15) is 0 Å². The van der Waals surface area contributed by atoms with E-state index in [1.807, 2.05) is 182 Å². The Kier molecular flexibility index (Phi) is 38.8. The van der Waals surface area contributed by atoms with Crippen molar-refractivity contribution in [1.82, 2.24) is 49.8 Å². The minimum atomic E-state index is -4.67. The van der Waals surface area contributed by atoms with Crippen molar-refractivity contribution in [2.75, 3.05) is 0 Å². The van der Waals surface area contributed by atoms with Crippen LogP contribution >= 0.6 is 0 Å². The highest BCUT2D eigenvalue weighted by Crippen LogP contribution is 2.29. The van der Waals surface area contributed by atoms with Gasteiger partial charge in [0.05, 0.1) is 0 Å². The topological polar surface area (TPSA) is 630 Å². The van der Waals surface area contributed by atoms with E-state index in [0.717, 1.165) is 53.9 Å². The van der Waals surface area contributed by atoms with Crippen LogP contribution in [0.25, 0.3) is 109 Å². The van der Waals surface area contributed by atoms with Crippen LogP contribution in [0.2, 0.25) is 0 Å². The predicted molar refractivity (Wildman–Crippen MR) is 491 cm³/mol. The third-order valence-corrected chi connectivity index (χ3v) is 16.1. The Hall–Kier alpha value is -16.2. The lowest BCUT2D eigenvalue weighted by Gasteiger charge is -1.96. The molecule has 36 nitrogen and oxygen atoms in total. The van der Waals surface area contributed by atoms with Crippen LogP contribution in [0.15, 0.2) is 365 Å². The summed E-state index contributed by atoms with van der Waals surface area (Å²) in [6, 6.07) is 91.3. The van der Waals surface area contributed by atoms with E-state index in [-0.39, 0.29) is 57.5 Å². The zero-order chi connectivity index (χ0) is 94.8. The van der Waals surface area contributed by atoms with Crippen LogP contribution in [0.5, 0.6) is 57.5 Å². The molecule has 0 aliphatic heterocycles. The number of rotatable bonds is 0. The number of fused-ring (bicyclic) bond motifs is 10. The molecule has 668 valence electrons. The molecule has 0 aliphatic carbocycles. The molecule has 0 radical (unpaired) electrons. The molecule has 0 aliphatic rings. The zero-order valence-electron chi connectivity index (χ0n) is 67.1. The standard InChI is InChI=1S/10C9H7NO.4H2O4S/c10*11-8-5-1-3-7-4-2-6-10-9(7)8;4*1-5(2,3)4/h10*1-6,11H;4*(H2,1,2,3,4).